The fraction of sp³-hybridized carbons (Fsp3) is 0.333. The van der Waals surface area contributed by atoms with Crippen LogP contribution in [0.15, 0.2) is 48.5 Å². The summed E-state index contributed by atoms with van der Waals surface area (Å²) in [5, 5.41) is 3.36. The van der Waals surface area contributed by atoms with Crippen LogP contribution >= 0.6 is 0 Å². The first kappa shape index (κ1) is 15.4. The highest BCUT2D eigenvalue weighted by atomic mass is 16.5. The van der Waals surface area contributed by atoms with Gasteiger partial charge in [0, 0.05) is 0 Å². The summed E-state index contributed by atoms with van der Waals surface area (Å²) in [7, 11) is 1.66. The van der Waals surface area contributed by atoms with Crippen LogP contribution < -0.4 is 14.8 Å². The summed E-state index contributed by atoms with van der Waals surface area (Å²) in [5.41, 5.74) is 2.58. The smallest absolute Gasteiger partial charge is 0.120 e. The highest BCUT2D eigenvalue weighted by Crippen LogP contribution is 2.19. The molecule has 0 amide bonds. The number of benzene rings is 2. The molecule has 0 aliphatic rings. The lowest BCUT2D eigenvalue weighted by Crippen LogP contribution is -2.17. The van der Waals surface area contributed by atoms with Gasteiger partial charge in [0.2, 0.25) is 0 Å². The van der Waals surface area contributed by atoms with Crippen LogP contribution in [-0.4, -0.2) is 20.2 Å². The SMILES string of the molecule is CCNCCc1ccccc1COc1ccc(OC)cc1. The highest BCUT2D eigenvalue weighted by Gasteiger charge is 2.03. The number of likely N-dealkylation sites (N-methyl/N-ethyl adjacent to an activating group) is 1. The second kappa shape index (κ2) is 8.32. The molecule has 0 spiro atoms. The van der Waals surface area contributed by atoms with Crippen molar-refractivity contribution in [1.82, 2.24) is 5.32 Å². The molecule has 0 saturated carbocycles. The summed E-state index contributed by atoms with van der Waals surface area (Å²) in [4.78, 5) is 0. The van der Waals surface area contributed by atoms with Gasteiger partial charge in [0.15, 0.2) is 0 Å². The van der Waals surface area contributed by atoms with E-state index in [1.807, 2.05) is 24.3 Å². The van der Waals surface area contributed by atoms with Crippen molar-refractivity contribution in [2.24, 2.45) is 0 Å². The lowest BCUT2D eigenvalue weighted by molar-refractivity contribution is 0.304. The molecule has 0 radical (unpaired) electrons. The predicted molar refractivity (Wildman–Crippen MR) is 86.0 cm³/mol. The Bertz CT molecular complexity index is 537. The molecule has 0 aliphatic heterocycles. The maximum Gasteiger partial charge on any atom is 0.120 e. The molecule has 0 atom stereocenters. The Labute approximate surface area is 126 Å². The quantitative estimate of drug-likeness (QED) is 0.754. The van der Waals surface area contributed by atoms with E-state index in [0.29, 0.717) is 6.61 Å². The Balaban J connectivity index is 1.95. The van der Waals surface area contributed by atoms with Crippen LogP contribution in [0.2, 0.25) is 0 Å². The van der Waals surface area contributed by atoms with E-state index in [1.54, 1.807) is 7.11 Å². The predicted octanol–water partition coefficient (Wildman–Crippen LogP) is 3.43. The highest BCUT2D eigenvalue weighted by molar-refractivity contribution is 5.32. The second-order valence-electron chi connectivity index (χ2n) is 4.84. The third kappa shape index (κ3) is 4.80. The Hall–Kier alpha value is -2.00. The Morgan fingerprint density at radius 3 is 2.24 bits per heavy atom. The molecular formula is C18H23NO2. The minimum absolute atomic E-state index is 0.592. The summed E-state index contributed by atoms with van der Waals surface area (Å²) in [5.74, 6) is 1.70. The van der Waals surface area contributed by atoms with Gasteiger partial charge in [0.25, 0.3) is 0 Å². The van der Waals surface area contributed by atoms with Crippen LogP contribution in [0, 0.1) is 0 Å². The molecule has 0 aliphatic carbocycles. The van der Waals surface area contributed by atoms with E-state index in [-0.39, 0.29) is 0 Å². The maximum absolute atomic E-state index is 5.86. The van der Waals surface area contributed by atoms with E-state index in [4.69, 9.17) is 9.47 Å². The molecule has 3 nitrogen and oxygen atoms in total. The van der Waals surface area contributed by atoms with Crippen molar-refractivity contribution in [3.8, 4) is 11.5 Å². The van der Waals surface area contributed by atoms with E-state index in [2.05, 4.69) is 36.5 Å². The molecule has 2 aromatic carbocycles. The van der Waals surface area contributed by atoms with Gasteiger partial charge in [-0.25, -0.2) is 0 Å². The van der Waals surface area contributed by atoms with Crippen molar-refractivity contribution in [3.05, 3.63) is 59.7 Å². The van der Waals surface area contributed by atoms with Crippen LogP contribution in [0.1, 0.15) is 18.1 Å². The third-order valence-corrected chi connectivity index (χ3v) is 3.39. The fourth-order valence-electron chi connectivity index (χ4n) is 2.18. The van der Waals surface area contributed by atoms with E-state index in [1.165, 1.54) is 11.1 Å². The molecule has 21 heavy (non-hydrogen) atoms. The molecule has 3 heteroatoms. The normalized spacial score (nSPS) is 10.4. The summed E-state index contributed by atoms with van der Waals surface area (Å²) >= 11 is 0. The second-order valence-corrected chi connectivity index (χ2v) is 4.84. The summed E-state index contributed by atoms with van der Waals surface area (Å²) < 4.78 is 11.0. The average Bonchev–Trinajstić information content (AvgIpc) is 2.54. The van der Waals surface area contributed by atoms with Gasteiger partial charge in [-0.05, 0) is 54.9 Å². The van der Waals surface area contributed by atoms with Crippen LogP contribution in [0.25, 0.3) is 0 Å². The number of nitrogens with one attached hydrogen (secondary N) is 1. The van der Waals surface area contributed by atoms with Crippen molar-refractivity contribution < 1.29 is 9.47 Å². The maximum atomic E-state index is 5.86. The molecule has 0 bridgehead atoms. The topological polar surface area (TPSA) is 30.5 Å². The molecule has 0 saturated heterocycles. The van der Waals surface area contributed by atoms with Crippen LogP contribution in [-0.2, 0) is 13.0 Å². The Morgan fingerprint density at radius 1 is 0.905 bits per heavy atom. The lowest BCUT2D eigenvalue weighted by atomic mass is 10.1. The van der Waals surface area contributed by atoms with Gasteiger partial charge in [-0.15, -0.1) is 0 Å². The zero-order valence-electron chi connectivity index (χ0n) is 12.8. The number of ether oxygens (including phenoxy) is 2. The van der Waals surface area contributed by atoms with Gasteiger partial charge < -0.3 is 14.8 Å². The van der Waals surface area contributed by atoms with E-state index >= 15 is 0 Å². The first-order chi connectivity index (χ1) is 10.3. The Morgan fingerprint density at radius 2 is 1.57 bits per heavy atom. The van der Waals surface area contributed by atoms with Crippen LogP contribution in [0.3, 0.4) is 0 Å². The van der Waals surface area contributed by atoms with E-state index < -0.39 is 0 Å². The summed E-state index contributed by atoms with van der Waals surface area (Å²) in [6.45, 7) is 4.72. The monoisotopic (exact) mass is 285 g/mol. The lowest BCUT2D eigenvalue weighted by Gasteiger charge is -2.11. The van der Waals surface area contributed by atoms with Gasteiger partial charge in [0.1, 0.15) is 18.1 Å². The zero-order valence-corrected chi connectivity index (χ0v) is 12.8. The number of rotatable bonds is 8. The van der Waals surface area contributed by atoms with Crippen molar-refractivity contribution in [3.63, 3.8) is 0 Å². The van der Waals surface area contributed by atoms with E-state index in [9.17, 15) is 0 Å². The molecule has 0 heterocycles. The molecule has 112 valence electrons. The molecule has 0 unspecified atom stereocenters. The van der Waals surface area contributed by atoms with Gasteiger partial charge in [-0.2, -0.15) is 0 Å². The number of methoxy groups -OCH3 is 1. The molecule has 2 aromatic rings. The minimum Gasteiger partial charge on any atom is -0.497 e. The van der Waals surface area contributed by atoms with E-state index in [0.717, 1.165) is 31.0 Å². The fourth-order valence-corrected chi connectivity index (χ4v) is 2.18. The summed E-state index contributed by atoms with van der Waals surface area (Å²) in [6.07, 6.45) is 1.02. The first-order valence-electron chi connectivity index (χ1n) is 7.38. The largest absolute Gasteiger partial charge is 0.497 e. The molecular weight excluding hydrogens is 262 g/mol. The van der Waals surface area contributed by atoms with Crippen molar-refractivity contribution in [2.45, 2.75) is 20.0 Å². The summed E-state index contributed by atoms with van der Waals surface area (Å²) in [6, 6.07) is 16.1. The zero-order chi connectivity index (χ0) is 14.9. The van der Waals surface area contributed by atoms with Crippen molar-refractivity contribution in [2.75, 3.05) is 20.2 Å². The van der Waals surface area contributed by atoms with Gasteiger partial charge in [-0.3, -0.25) is 0 Å². The standard InChI is InChI=1S/C18H23NO2/c1-3-19-13-12-15-6-4-5-7-16(15)14-21-18-10-8-17(20-2)9-11-18/h4-11,19H,3,12-14H2,1-2H3. The Kier molecular flexibility index (Phi) is 6.10. The molecule has 0 aromatic heterocycles. The van der Waals surface area contributed by atoms with Crippen molar-refractivity contribution >= 4 is 0 Å². The first-order valence-corrected chi connectivity index (χ1v) is 7.38. The third-order valence-electron chi connectivity index (χ3n) is 3.39. The van der Waals surface area contributed by atoms with Crippen molar-refractivity contribution in [1.29, 1.82) is 0 Å². The molecule has 1 N–H and O–H groups in total. The van der Waals surface area contributed by atoms with Gasteiger partial charge in [-0.1, -0.05) is 31.2 Å². The van der Waals surface area contributed by atoms with Crippen LogP contribution in [0.4, 0.5) is 0 Å². The minimum atomic E-state index is 0.592. The molecule has 0 fully saturated rings. The van der Waals surface area contributed by atoms with Gasteiger partial charge >= 0.3 is 0 Å². The van der Waals surface area contributed by atoms with Crippen LogP contribution in [0.5, 0.6) is 11.5 Å². The molecule has 2 rings (SSSR count). The van der Waals surface area contributed by atoms with Gasteiger partial charge in [0.05, 0.1) is 7.11 Å². The number of hydrogen-bond acceptors (Lipinski definition) is 3. The average molecular weight is 285 g/mol. The number of hydrogen-bond donors (Lipinski definition) is 1.